The van der Waals surface area contributed by atoms with E-state index in [1.54, 1.807) is 84.6 Å². The average Bonchev–Trinajstić information content (AvgIpc) is 1.08. The van der Waals surface area contributed by atoms with Gasteiger partial charge in [0.25, 0.3) is 5.92 Å². The maximum atomic E-state index is 12.2. The molecule has 2 aromatic rings. The molecule has 2 amide bonds. The van der Waals surface area contributed by atoms with Crippen molar-refractivity contribution in [1.29, 1.82) is 0 Å². The molecule has 0 bridgehead atoms. The number of unbranched alkanes of at least 4 members (excludes halogenated alkanes) is 4. The Morgan fingerprint density at radius 1 is 0.505 bits per heavy atom. The van der Waals surface area contributed by atoms with Gasteiger partial charge in [-0.25, -0.2) is 8.78 Å². The van der Waals surface area contributed by atoms with Crippen molar-refractivity contribution in [3.8, 4) is 5.75 Å². The minimum Gasteiger partial charge on any atom is -0.497 e. The molecule has 27 heteroatoms. The second-order valence-electron chi connectivity index (χ2n) is 21.4. The van der Waals surface area contributed by atoms with Crippen molar-refractivity contribution in [3.63, 3.8) is 0 Å². The van der Waals surface area contributed by atoms with E-state index in [0.29, 0.717) is 39.1 Å². The summed E-state index contributed by atoms with van der Waals surface area (Å²) in [7, 11) is 26.5. The summed E-state index contributed by atoms with van der Waals surface area (Å²) in [5.41, 5.74) is 3.92. The van der Waals surface area contributed by atoms with Crippen LogP contribution in [-0.4, -0.2) is 266 Å². The Kier molecular flexibility index (Phi) is 99.6. The molecule has 0 heterocycles. The van der Waals surface area contributed by atoms with Crippen LogP contribution in [0.1, 0.15) is 130 Å². The molecule has 0 saturated heterocycles. The zero-order chi connectivity index (χ0) is 77.2. The van der Waals surface area contributed by atoms with E-state index in [1.807, 2.05) is 47.1 Å². The molecule has 2 rings (SSSR count). The van der Waals surface area contributed by atoms with Gasteiger partial charge in [0.15, 0.2) is 0 Å². The number of benzene rings is 2. The second-order valence-corrected chi connectivity index (χ2v) is 21.4. The summed E-state index contributed by atoms with van der Waals surface area (Å²) in [6.45, 7) is 26.3. The van der Waals surface area contributed by atoms with E-state index >= 15 is 0 Å². The van der Waals surface area contributed by atoms with E-state index < -0.39 is 12.5 Å². The van der Waals surface area contributed by atoms with Gasteiger partial charge in [-0.05, 0) is 138 Å². The first-order valence-corrected chi connectivity index (χ1v) is 34.4. The number of nitrogens with one attached hydrogen (secondary N) is 8. The molecule has 590 valence electrons. The van der Waals surface area contributed by atoms with Crippen LogP contribution in [-0.2, 0) is 95.6 Å². The smallest absolute Gasteiger partial charge is 0.325 e. The van der Waals surface area contributed by atoms with Crippen LogP contribution in [0, 0.1) is 0 Å². The maximum Gasteiger partial charge on any atom is 0.325 e. The zero-order valence-electron chi connectivity index (χ0n) is 66.4. The number of halogens is 2. The summed E-state index contributed by atoms with van der Waals surface area (Å²) in [5, 5.41) is 22.5. The fraction of sp³-hybridized carbons (Fsp3) is 0.778. The number of amides is 2. The number of aryl methyl sites for hydroxylation is 1. The lowest BCUT2D eigenvalue weighted by molar-refractivity contribution is -0.149. The molecule has 0 spiro atoms. The van der Waals surface area contributed by atoms with E-state index in [2.05, 4.69) is 116 Å². The molecule has 0 aliphatic carbocycles. The second kappa shape index (κ2) is 89.4. The molecule has 0 saturated carbocycles. The Morgan fingerprint density at radius 3 is 1.44 bits per heavy atom. The quantitative estimate of drug-likeness (QED) is 0.0230. The zero-order valence-corrected chi connectivity index (χ0v) is 66.4. The largest absolute Gasteiger partial charge is 0.497 e. The summed E-state index contributed by atoms with van der Waals surface area (Å²) in [6.07, 6.45) is 10.2. The molecule has 0 fully saturated rings. The Hall–Kier alpha value is -4.66. The van der Waals surface area contributed by atoms with Gasteiger partial charge in [-0.3, -0.25) is 19.2 Å². The minimum atomic E-state index is -2.73. The van der Waals surface area contributed by atoms with Crippen molar-refractivity contribution >= 4 is 23.8 Å². The fourth-order valence-electron chi connectivity index (χ4n) is 6.70. The Bertz CT molecular complexity index is 1890. The molecule has 0 radical (unpaired) electrons. The van der Waals surface area contributed by atoms with Gasteiger partial charge >= 0.3 is 11.9 Å². The van der Waals surface area contributed by atoms with Gasteiger partial charge in [-0.1, -0.05) is 89.8 Å². The third-order valence-corrected chi connectivity index (χ3v) is 12.6. The van der Waals surface area contributed by atoms with Crippen LogP contribution in [0.4, 0.5) is 8.78 Å². The summed E-state index contributed by atoms with van der Waals surface area (Å²) in [5.74, 6) is -2.39. The number of ether oxygens (including phenoxy) is 13. The lowest BCUT2D eigenvalue weighted by Crippen LogP contribution is -2.44. The third kappa shape index (κ3) is 85.7. The van der Waals surface area contributed by atoms with Crippen LogP contribution in [0.2, 0.25) is 0 Å². The van der Waals surface area contributed by atoms with Crippen molar-refractivity contribution in [2.45, 2.75) is 170 Å². The Morgan fingerprint density at radius 2 is 1.05 bits per heavy atom. The summed E-state index contributed by atoms with van der Waals surface area (Å²) in [4.78, 5) is 43.9. The van der Waals surface area contributed by atoms with Crippen molar-refractivity contribution < 1.29 is 89.5 Å². The Labute approximate surface area is 599 Å². The van der Waals surface area contributed by atoms with Crippen LogP contribution in [0.3, 0.4) is 0 Å². The number of hydrogen-bond acceptors (Lipinski definition) is 23. The molecule has 8 N–H and O–H groups in total. The van der Waals surface area contributed by atoms with E-state index in [4.69, 9.17) is 52.1 Å². The maximum absolute atomic E-state index is 12.2. The topological polar surface area (TPSA) is 285 Å². The lowest BCUT2D eigenvalue weighted by Gasteiger charge is -2.19. The van der Waals surface area contributed by atoms with Gasteiger partial charge in [0.1, 0.15) is 37.2 Å². The number of methoxy groups -OCH3 is 10. The van der Waals surface area contributed by atoms with Gasteiger partial charge in [-0.2, -0.15) is 0 Å². The molecule has 0 aliphatic rings. The molecule has 25 nitrogen and oxygen atoms in total. The molecular weight excluding hydrogens is 1290 g/mol. The molecular formula is C72H146F2N8O17. The first-order valence-electron chi connectivity index (χ1n) is 34.4. The standard InChI is InChI=1S/C11H16O.C10H15NO.C8H17NO3.C8H17NO2.C7H15NO3.C7H15NO2.C7H16O2.C5H11F2NO.C5H13NO.C4H11NO/c1-3-4-5-10-6-8-11(12-2)9-7-10;1-11-7-9-3-5-10(6-4-9)8-12-2;1-5-12-8(10)7(9-3)6(2)11-4;1-4-5-6-9-8(10)7(2)11-3;1-4-11-7(9)6(8-2)5-10-3;1-3-4-5-8-7(9)6-10-2;1-3-4-5-9-7-6-8-2;1-8-3-5(6,7)4-9-2;1-5(7-3)4-6-2;1-5-3-4-6-2/h6-9H,3-5H2,1-2H3;3-6,11H,7-8H2,1-2H3;6-7,9H,5H2,1-4H3;7H,4-6H2,1-3H3,(H,9,10);6,8H,4-5H2,1-3H3;3-6H2,1-2H3,(H,8,9);3-7H2,1-2H3;8H,3-4H2,1-2H3;5-6H,4H2,1-3H3;5H,3-4H2,1-2H3/t;;6-,7+;;6-;;;;;/m..1.0...../s1. The van der Waals surface area contributed by atoms with Crippen LogP contribution >= 0.6 is 0 Å². The molecule has 2 unspecified atom stereocenters. The number of rotatable bonds is 44. The third-order valence-electron chi connectivity index (χ3n) is 12.6. The van der Waals surface area contributed by atoms with E-state index in [1.165, 1.54) is 70.8 Å². The summed E-state index contributed by atoms with van der Waals surface area (Å²) >= 11 is 0. The first kappa shape index (κ1) is 110. The number of likely N-dealkylation sites (N-methyl/N-ethyl adjacent to an activating group) is 4. The normalized spacial score (nSPS) is 11.6. The SMILES string of the molecule is CCCCNC(=O)C(C)OC.CCCCNC(=O)COC.CCCCOCCOC.CCCCc1ccc(OC)cc1.CCOC(=O)[C@@H](NC)[C@@H](C)OC.CCOC(=O)[C@H](COC)NC.CNCC(C)OC.CNCC(F)(F)COC.CNCCOC.CNCc1ccc(COC)cc1. The number of hydrogen-bond donors (Lipinski definition) is 8. The van der Waals surface area contributed by atoms with Crippen LogP contribution < -0.4 is 47.3 Å². The van der Waals surface area contributed by atoms with Crippen LogP contribution in [0.5, 0.6) is 5.75 Å². The Balaban J connectivity index is -0.000000156. The average molecular weight is 1430 g/mol. The van der Waals surface area contributed by atoms with Gasteiger partial charge in [-0.15, -0.1) is 0 Å². The summed E-state index contributed by atoms with van der Waals surface area (Å²) in [6, 6.07) is 16.0. The van der Waals surface area contributed by atoms with Crippen molar-refractivity contribution in [2.75, 3.05) is 206 Å². The highest BCUT2D eigenvalue weighted by Gasteiger charge is 2.27. The highest BCUT2D eigenvalue weighted by molar-refractivity contribution is 5.80. The van der Waals surface area contributed by atoms with Crippen molar-refractivity contribution in [3.05, 3.63) is 65.2 Å². The molecule has 0 aromatic heterocycles. The van der Waals surface area contributed by atoms with Gasteiger partial charge < -0.3 is 104 Å². The molecule has 0 aliphatic heterocycles. The van der Waals surface area contributed by atoms with Crippen molar-refractivity contribution in [2.24, 2.45) is 0 Å². The molecule has 5 atom stereocenters. The highest BCUT2D eigenvalue weighted by Crippen LogP contribution is 2.13. The van der Waals surface area contributed by atoms with Crippen molar-refractivity contribution in [1.82, 2.24) is 42.5 Å². The van der Waals surface area contributed by atoms with Gasteiger partial charge in [0.05, 0.1) is 72.1 Å². The summed E-state index contributed by atoms with van der Waals surface area (Å²) < 4.78 is 87.3. The van der Waals surface area contributed by atoms with Crippen LogP contribution in [0.25, 0.3) is 0 Å². The predicted octanol–water partition coefficient (Wildman–Crippen LogP) is 8.06. The van der Waals surface area contributed by atoms with Gasteiger partial charge in [0.2, 0.25) is 11.8 Å². The van der Waals surface area contributed by atoms with E-state index in [-0.39, 0.29) is 61.2 Å². The minimum absolute atomic E-state index is 0.0269. The fourth-order valence-corrected chi connectivity index (χ4v) is 6.70. The monoisotopic (exact) mass is 1430 g/mol. The number of esters is 2. The number of carbonyl (C=O) groups is 4. The van der Waals surface area contributed by atoms with E-state index in [9.17, 15) is 28.0 Å². The number of carbonyl (C=O) groups excluding carboxylic acids is 4. The van der Waals surface area contributed by atoms with Gasteiger partial charge in [0, 0.05) is 103 Å². The first-order chi connectivity index (χ1) is 47.4. The number of alkyl halides is 2. The van der Waals surface area contributed by atoms with E-state index in [0.717, 1.165) is 90.4 Å². The molecule has 99 heavy (non-hydrogen) atoms. The molecule has 2 aromatic carbocycles. The predicted molar refractivity (Wildman–Crippen MR) is 398 cm³/mol. The lowest BCUT2D eigenvalue weighted by atomic mass is 10.1. The van der Waals surface area contributed by atoms with Crippen LogP contribution in [0.15, 0.2) is 48.5 Å². The highest BCUT2D eigenvalue weighted by atomic mass is 19.3.